The zero-order valence-corrected chi connectivity index (χ0v) is 14.4. The number of nitriles is 1. The van der Waals surface area contributed by atoms with E-state index in [1.165, 1.54) is 0 Å². The molecular weight excluding hydrogens is 334 g/mol. The molecule has 5 nitrogen and oxygen atoms in total. The number of benzene rings is 2. The van der Waals surface area contributed by atoms with E-state index >= 15 is 0 Å². The first-order valence-electron chi connectivity index (χ1n) is 7.92. The number of rotatable bonds is 3. The smallest absolute Gasteiger partial charge is 0.237 e. The Morgan fingerprint density at radius 3 is 2.32 bits per heavy atom. The topological polar surface area (TPSA) is 90.8 Å². The standard InChI is InChI=1S/C19H17N3O2S/c1-12-7-9-13(10-8-12)16-15(11-20)19(21)25-18(17(16)22(23)24)14-5-3-2-4-6-14/h2-10,15-18,21H,1H3/t15?,16-,17+,18-/m0/s1. The monoisotopic (exact) mass is 351 g/mol. The van der Waals surface area contributed by atoms with Crippen LogP contribution in [0.1, 0.15) is 27.9 Å². The molecule has 6 heteroatoms. The lowest BCUT2D eigenvalue weighted by atomic mass is 9.78. The van der Waals surface area contributed by atoms with Crippen molar-refractivity contribution < 1.29 is 4.92 Å². The molecule has 1 N–H and O–H groups in total. The third kappa shape index (κ3) is 3.28. The highest BCUT2D eigenvalue weighted by atomic mass is 32.2. The van der Waals surface area contributed by atoms with Gasteiger partial charge in [0.25, 0.3) is 0 Å². The molecule has 1 aliphatic rings. The van der Waals surface area contributed by atoms with Crippen molar-refractivity contribution in [3.8, 4) is 6.07 Å². The molecule has 1 aliphatic heterocycles. The first kappa shape index (κ1) is 17.2. The van der Waals surface area contributed by atoms with Crippen molar-refractivity contribution in [2.24, 2.45) is 5.92 Å². The summed E-state index contributed by atoms with van der Waals surface area (Å²) in [6.45, 7) is 1.95. The van der Waals surface area contributed by atoms with Crippen LogP contribution in [-0.4, -0.2) is 16.0 Å². The Labute approximate surface area is 150 Å². The summed E-state index contributed by atoms with van der Waals surface area (Å²) < 4.78 is 0. The number of thioether (sulfide) groups is 1. The van der Waals surface area contributed by atoms with Gasteiger partial charge in [-0.25, -0.2) is 0 Å². The van der Waals surface area contributed by atoms with Crippen LogP contribution in [0.3, 0.4) is 0 Å². The molecule has 0 saturated carbocycles. The Balaban J connectivity index is 2.12. The number of hydrogen-bond donors (Lipinski definition) is 1. The van der Waals surface area contributed by atoms with Gasteiger partial charge < -0.3 is 0 Å². The maximum atomic E-state index is 12.0. The molecule has 0 amide bonds. The van der Waals surface area contributed by atoms with Gasteiger partial charge in [0.05, 0.1) is 17.0 Å². The third-order valence-electron chi connectivity index (χ3n) is 4.55. The summed E-state index contributed by atoms with van der Waals surface area (Å²) in [5.74, 6) is -1.44. The molecule has 0 bridgehead atoms. The molecular formula is C19H17N3O2S. The van der Waals surface area contributed by atoms with Crippen molar-refractivity contribution in [3.63, 3.8) is 0 Å². The molecule has 3 rings (SSSR count). The Morgan fingerprint density at radius 1 is 1.12 bits per heavy atom. The molecule has 25 heavy (non-hydrogen) atoms. The van der Waals surface area contributed by atoms with Gasteiger partial charge in [0.2, 0.25) is 6.04 Å². The highest BCUT2D eigenvalue weighted by Gasteiger charge is 2.51. The van der Waals surface area contributed by atoms with E-state index in [-0.39, 0.29) is 9.97 Å². The maximum absolute atomic E-state index is 12.0. The zero-order valence-electron chi connectivity index (χ0n) is 13.6. The average Bonchev–Trinajstić information content (AvgIpc) is 2.62. The van der Waals surface area contributed by atoms with Gasteiger partial charge in [-0.3, -0.25) is 15.5 Å². The lowest BCUT2D eigenvalue weighted by molar-refractivity contribution is -0.528. The molecule has 0 aromatic heterocycles. The summed E-state index contributed by atoms with van der Waals surface area (Å²) in [4.78, 5) is 11.7. The second kappa shape index (κ2) is 7.08. The minimum Gasteiger partial charge on any atom is -0.297 e. The van der Waals surface area contributed by atoms with Crippen molar-refractivity contribution in [2.75, 3.05) is 0 Å². The summed E-state index contributed by atoms with van der Waals surface area (Å²) in [6.07, 6.45) is 0. The van der Waals surface area contributed by atoms with Crippen molar-refractivity contribution in [2.45, 2.75) is 24.1 Å². The number of nitrogens with zero attached hydrogens (tertiary/aromatic N) is 2. The third-order valence-corrected chi connectivity index (χ3v) is 5.86. The van der Waals surface area contributed by atoms with Crippen LogP contribution in [0.15, 0.2) is 54.6 Å². The number of nitrogens with one attached hydrogen (secondary N) is 1. The van der Waals surface area contributed by atoms with Crippen molar-refractivity contribution in [3.05, 3.63) is 81.4 Å². The predicted molar refractivity (Wildman–Crippen MR) is 98.3 cm³/mol. The van der Waals surface area contributed by atoms with Crippen LogP contribution in [0.5, 0.6) is 0 Å². The van der Waals surface area contributed by atoms with Gasteiger partial charge >= 0.3 is 0 Å². The minimum atomic E-state index is -0.964. The average molecular weight is 351 g/mol. The first-order chi connectivity index (χ1) is 12.0. The molecule has 126 valence electrons. The fourth-order valence-corrected chi connectivity index (χ4v) is 4.62. The number of aryl methyl sites for hydroxylation is 1. The first-order valence-corrected chi connectivity index (χ1v) is 8.80. The zero-order chi connectivity index (χ0) is 18.0. The van der Waals surface area contributed by atoms with Crippen LogP contribution in [0.4, 0.5) is 0 Å². The summed E-state index contributed by atoms with van der Waals surface area (Å²) >= 11 is 1.13. The van der Waals surface area contributed by atoms with E-state index in [9.17, 15) is 15.4 Å². The van der Waals surface area contributed by atoms with Gasteiger partial charge in [-0.2, -0.15) is 5.26 Å². The molecule has 0 aliphatic carbocycles. The van der Waals surface area contributed by atoms with Crippen LogP contribution < -0.4 is 0 Å². The molecule has 1 unspecified atom stereocenters. The van der Waals surface area contributed by atoms with Crippen LogP contribution >= 0.6 is 11.8 Å². The van der Waals surface area contributed by atoms with Crippen LogP contribution in [0, 0.1) is 39.7 Å². The molecule has 1 heterocycles. The summed E-state index contributed by atoms with van der Waals surface area (Å²) in [5.41, 5.74) is 2.60. The Hall–Kier alpha value is -2.65. The van der Waals surface area contributed by atoms with Gasteiger partial charge in [0.1, 0.15) is 11.2 Å². The molecule has 0 radical (unpaired) electrons. The summed E-state index contributed by atoms with van der Waals surface area (Å²) in [6, 6.07) is 17.9. The highest BCUT2D eigenvalue weighted by Crippen LogP contribution is 2.49. The van der Waals surface area contributed by atoms with E-state index in [1.54, 1.807) is 0 Å². The summed E-state index contributed by atoms with van der Waals surface area (Å²) in [5, 5.41) is 29.6. The van der Waals surface area contributed by atoms with E-state index in [0.717, 1.165) is 28.5 Å². The van der Waals surface area contributed by atoms with Crippen molar-refractivity contribution in [1.29, 1.82) is 10.7 Å². The number of hydrogen-bond acceptors (Lipinski definition) is 5. The van der Waals surface area contributed by atoms with Crippen LogP contribution in [0.25, 0.3) is 0 Å². The Bertz CT molecular complexity index is 830. The van der Waals surface area contributed by atoms with Gasteiger partial charge in [-0.1, -0.05) is 71.9 Å². The van der Waals surface area contributed by atoms with Crippen LogP contribution in [-0.2, 0) is 0 Å². The van der Waals surface area contributed by atoms with Gasteiger partial charge in [0, 0.05) is 4.92 Å². The van der Waals surface area contributed by atoms with Gasteiger partial charge in [-0.05, 0) is 18.1 Å². The molecule has 1 fully saturated rings. The van der Waals surface area contributed by atoms with Crippen molar-refractivity contribution in [1.82, 2.24) is 0 Å². The van der Waals surface area contributed by atoms with Crippen molar-refractivity contribution >= 4 is 16.8 Å². The molecule has 4 atom stereocenters. The second-order valence-electron chi connectivity index (χ2n) is 6.13. The van der Waals surface area contributed by atoms with E-state index in [1.807, 2.05) is 61.5 Å². The normalized spacial score (nSPS) is 26.0. The summed E-state index contributed by atoms with van der Waals surface area (Å²) in [7, 11) is 0. The van der Waals surface area contributed by atoms with Crippen LogP contribution in [0.2, 0.25) is 0 Å². The molecule has 2 aromatic carbocycles. The van der Waals surface area contributed by atoms with Gasteiger partial charge in [0.15, 0.2) is 0 Å². The molecule has 1 saturated heterocycles. The fraction of sp³-hybridized carbons (Fsp3) is 0.263. The van der Waals surface area contributed by atoms with E-state index in [2.05, 4.69) is 6.07 Å². The highest BCUT2D eigenvalue weighted by molar-refractivity contribution is 8.14. The fourth-order valence-electron chi connectivity index (χ4n) is 3.30. The van der Waals surface area contributed by atoms with E-state index in [4.69, 9.17) is 5.41 Å². The lowest BCUT2D eigenvalue weighted by Gasteiger charge is -2.35. The minimum absolute atomic E-state index is 0.194. The molecule has 2 aromatic rings. The van der Waals surface area contributed by atoms with E-state index < -0.39 is 23.1 Å². The van der Waals surface area contributed by atoms with E-state index in [0.29, 0.717) is 0 Å². The SMILES string of the molecule is Cc1ccc([C@H]2C(C#N)C(=N)S[C@@H](c3ccccc3)[C@@H]2[N+](=O)[O-])cc1. The number of nitro groups is 1. The largest absolute Gasteiger partial charge is 0.297 e. The maximum Gasteiger partial charge on any atom is 0.237 e. The molecule has 0 spiro atoms. The Kier molecular flexibility index (Phi) is 4.86. The lowest BCUT2D eigenvalue weighted by Crippen LogP contribution is -2.42. The quantitative estimate of drug-likeness (QED) is 0.658. The second-order valence-corrected chi connectivity index (χ2v) is 7.32. The van der Waals surface area contributed by atoms with Gasteiger partial charge in [-0.15, -0.1) is 0 Å². The predicted octanol–water partition coefficient (Wildman–Crippen LogP) is 4.33. The Morgan fingerprint density at radius 2 is 1.76 bits per heavy atom.